The van der Waals surface area contributed by atoms with E-state index < -0.39 is 0 Å². The van der Waals surface area contributed by atoms with Gasteiger partial charge in [-0.15, -0.1) is 0 Å². The fraction of sp³-hybridized carbons (Fsp3) is 0.158. The summed E-state index contributed by atoms with van der Waals surface area (Å²) in [5.74, 6) is 0.983. The molecule has 7 heteroatoms. The van der Waals surface area contributed by atoms with E-state index in [0.717, 1.165) is 10.0 Å². The Hall–Kier alpha value is -2.80. The summed E-state index contributed by atoms with van der Waals surface area (Å²) >= 11 is 3.37. The minimum Gasteiger partial charge on any atom is -0.493 e. The van der Waals surface area contributed by atoms with Gasteiger partial charge in [-0.25, -0.2) is 0 Å². The van der Waals surface area contributed by atoms with Gasteiger partial charge < -0.3 is 14.8 Å². The number of nitrogens with one attached hydrogen (secondary N) is 1. The zero-order valence-corrected chi connectivity index (χ0v) is 16.0. The Bertz CT molecular complexity index is 907. The summed E-state index contributed by atoms with van der Waals surface area (Å²) in [6.07, 6.45) is 3.64. The van der Waals surface area contributed by atoms with Crippen LogP contribution in [0, 0.1) is 0 Å². The average molecular weight is 416 g/mol. The molecule has 0 aliphatic rings. The number of carbonyl (C=O) groups excluding carboxylic acids is 1. The van der Waals surface area contributed by atoms with Crippen molar-refractivity contribution in [3.63, 3.8) is 0 Å². The number of benzene rings is 2. The monoisotopic (exact) mass is 415 g/mol. The number of amides is 1. The van der Waals surface area contributed by atoms with Crippen LogP contribution in [0.4, 0.5) is 5.69 Å². The van der Waals surface area contributed by atoms with E-state index in [9.17, 15) is 4.79 Å². The quantitative estimate of drug-likeness (QED) is 0.661. The predicted molar refractivity (Wildman–Crippen MR) is 103 cm³/mol. The summed E-state index contributed by atoms with van der Waals surface area (Å²) in [6, 6.07) is 12.7. The number of anilines is 1. The van der Waals surface area contributed by atoms with Crippen LogP contribution in [0.3, 0.4) is 0 Å². The summed E-state index contributed by atoms with van der Waals surface area (Å²) in [4.78, 5) is 12.4. The van der Waals surface area contributed by atoms with Crippen molar-refractivity contribution in [2.75, 3.05) is 19.5 Å². The van der Waals surface area contributed by atoms with Crippen molar-refractivity contribution in [2.45, 2.75) is 6.54 Å². The Labute approximate surface area is 159 Å². The summed E-state index contributed by atoms with van der Waals surface area (Å²) in [7, 11) is 3.12. The second-order valence-electron chi connectivity index (χ2n) is 5.58. The molecule has 0 aliphatic heterocycles. The summed E-state index contributed by atoms with van der Waals surface area (Å²) < 4.78 is 13.2. The van der Waals surface area contributed by atoms with Gasteiger partial charge in [0.1, 0.15) is 0 Å². The molecule has 0 saturated heterocycles. The summed E-state index contributed by atoms with van der Waals surface area (Å²) in [5.41, 5.74) is 2.27. The molecule has 0 atom stereocenters. The molecule has 2 aromatic carbocycles. The van der Waals surface area contributed by atoms with Gasteiger partial charge >= 0.3 is 0 Å². The molecule has 0 saturated carbocycles. The van der Waals surface area contributed by atoms with E-state index in [-0.39, 0.29) is 5.91 Å². The zero-order valence-electron chi connectivity index (χ0n) is 14.4. The molecule has 0 unspecified atom stereocenters. The lowest BCUT2D eigenvalue weighted by Crippen LogP contribution is -2.12. The number of hydrogen-bond acceptors (Lipinski definition) is 4. The van der Waals surface area contributed by atoms with Crippen molar-refractivity contribution in [1.82, 2.24) is 9.78 Å². The second kappa shape index (κ2) is 8.05. The van der Waals surface area contributed by atoms with Crippen molar-refractivity contribution in [1.29, 1.82) is 0 Å². The molecule has 0 bridgehead atoms. The predicted octanol–water partition coefficient (Wildman–Crippen LogP) is 3.96. The third-order valence-corrected chi connectivity index (χ3v) is 4.21. The molecule has 0 aliphatic carbocycles. The van der Waals surface area contributed by atoms with Gasteiger partial charge in [0.2, 0.25) is 0 Å². The first-order valence-corrected chi connectivity index (χ1v) is 8.68. The van der Waals surface area contributed by atoms with Crippen LogP contribution in [0.2, 0.25) is 0 Å². The number of ether oxygens (including phenoxy) is 2. The number of nitrogens with zero attached hydrogens (tertiary/aromatic N) is 2. The highest BCUT2D eigenvalue weighted by atomic mass is 79.9. The Balaban J connectivity index is 1.68. The topological polar surface area (TPSA) is 65.4 Å². The number of halogens is 1. The number of carbonyl (C=O) groups is 1. The van der Waals surface area contributed by atoms with Gasteiger partial charge in [-0.05, 0) is 45.8 Å². The Morgan fingerprint density at radius 2 is 1.85 bits per heavy atom. The lowest BCUT2D eigenvalue weighted by atomic mass is 10.1. The third kappa shape index (κ3) is 4.23. The highest BCUT2D eigenvalue weighted by Crippen LogP contribution is 2.29. The van der Waals surface area contributed by atoms with E-state index >= 15 is 0 Å². The number of aromatic nitrogens is 2. The third-order valence-electron chi connectivity index (χ3n) is 3.80. The second-order valence-corrected chi connectivity index (χ2v) is 6.49. The van der Waals surface area contributed by atoms with Crippen LogP contribution in [0.5, 0.6) is 11.5 Å². The molecular formula is C19H18BrN3O3. The molecule has 0 spiro atoms. The molecule has 3 rings (SSSR count). The van der Waals surface area contributed by atoms with Crippen molar-refractivity contribution >= 4 is 27.5 Å². The summed E-state index contributed by atoms with van der Waals surface area (Å²) in [5, 5.41) is 7.08. The minimum absolute atomic E-state index is 0.189. The van der Waals surface area contributed by atoms with E-state index in [1.165, 1.54) is 0 Å². The maximum atomic E-state index is 12.4. The van der Waals surface area contributed by atoms with Gasteiger partial charge in [0.25, 0.3) is 5.91 Å². The molecule has 1 N–H and O–H groups in total. The van der Waals surface area contributed by atoms with E-state index in [2.05, 4.69) is 26.3 Å². The van der Waals surface area contributed by atoms with Gasteiger partial charge in [0.05, 0.1) is 31.4 Å². The number of methoxy groups -OCH3 is 2. The van der Waals surface area contributed by atoms with Gasteiger partial charge in [0.15, 0.2) is 11.5 Å². The fourth-order valence-corrected chi connectivity index (χ4v) is 2.82. The largest absolute Gasteiger partial charge is 0.493 e. The van der Waals surface area contributed by atoms with Gasteiger partial charge in [-0.2, -0.15) is 5.10 Å². The van der Waals surface area contributed by atoms with E-state index in [4.69, 9.17) is 9.47 Å². The van der Waals surface area contributed by atoms with E-state index in [0.29, 0.717) is 29.3 Å². The van der Waals surface area contributed by atoms with Crippen LogP contribution in [0.1, 0.15) is 15.9 Å². The standard InChI is InChI=1S/C19H18BrN3O3/c1-25-17-8-7-16(9-18(17)26-2)22-19(24)14-5-3-13(4-6-14)11-23-12-15(20)10-21-23/h3-10,12H,11H2,1-2H3,(H,22,24). The lowest BCUT2D eigenvalue weighted by molar-refractivity contribution is 0.102. The first-order valence-electron chi connectivity index (χ1n) is 7.89. The highest BCUT2D eigenvalue weighted by molar-refractivity contribution is 9.10. The molecule has 0 fully saturated rings. The first-order chi connectivity index (χ1) is 12.6. The molecule has 134 valence electrons. The smallest absolute Gasteiger partial charge is 0.255 e. The zero-order chi connectivity index (χ0) is 18.5. The van der Waals surface area contributed by atoms with Crippen LogP contribution >= 0.6 is 15.9 Å². The van der Waals surface area contributed by atoms with Gasteiger partial charge in [-0.1, -0.05) is 12.1 Å². The molecule has 1 heterocycles. The van der Waals surface area contributed by atoms with Crippen LogP contribution in [0.25, 0.3) is 0 Å². The fourth-order valence-electron chi connectivity index (χ4n) is 2.49. The summed E-state index contributed by atoms with van der Waals surface area (Å²) in [6.45, 7) is 0.642. The van der Waals surface area contributed by atoms with Gasteiger partial charge in [-0.3, -0.25) is 9.48 Å². The van der Waals surface area contributed by atoms with Crippen molar-refractivity contribution in [2.24, 2.45) is 0 Å². The molecule has 1 aromatic heterocycles. The Kier molecular flexibility index (Phi) is 5.58. The minimum atomic E-state index is -0.189. The van der Waals surface area contributed by atoms with Crippen LogP contribution in [-0.2, 0) is 6.54 Å². The molecule has 6 nitrogen and oxygen atoms in total. The van der Waals surface area contributed by atoms with E-state index in [1.54, 1.807) is 50.7 Å². The molecule has 1 amide bonds. The average Bonchev–Trinajstić information content (AvgIpc) is 3.06. The SMILES string of the molecule is COc1ccc(NC(=O)c2ccc(Cn3cc(Br)cn3)cc2)cc1OC. The Morgan fingerprint density at radius 1 is 1.12 bits per heavy atom. The number of rotatable bonds is 6. The first kappa shape index (κ1) is 18.0. The molecule has 3 aromatic rings. The maximum Gasteiger partial charge on any atom is 0.255 e. The highest BCUT2D eigenvalue weighted by Gasteiger charge is 2.09. The van der Waals surface area contributed by atoms with Crippen molar-refractivity contribution in [3.05, 3.63) is 70.5 Å². The van der Waals surface area contributed by atoms with Crippen LogP contribution in [0.15, 0.2) is 59.3 Å². The van der Waals surface area contributed by atoms with Crippen LogP contribution in [-0.4, -0.2) is 29.9 Å². The van der Waals surface area contributed by atoms with Crippen molar-refractivity contribution in [3.8, 4) is 11.5 Å². The molecule has 26 heavy (non-hydrogen) atoms. The van der Waals surface area contributed by atoms with E-state index in [1.807, 2.05) is 23.0 Å². The molecule has 0 radical (unpaired) electrons. The molecular weight excluding hydrogens is 398 g/mol. The number of hydrogen-bond donors (Lipinski definition) is 1. The maximum absolute atomic E-state index is 12.4. The van der Waals surface area contributed by atoms with Gasteiger partial charge in [0, 0.05) is 23.5 Å². The normalized spacial score (nSPS) is 10.4. The van der Waals surface area contributed by atoms with Crippen molar-refractivity contribution < 1.29 is 14.3 Å². The van der Waals surface area contributed by atoms with Crippen LogP contribution < -0.4 is 14.8 Å². The Morgan fingerprint density at radius 3 is 2.46 bits per heavy atom. The lowest BCUT2D eigenvalue weighted by Gasteiger charge is -2.11.